The average molecular weight is 361 g/mol. The lowest BCUT2D eigenvalue weighted by molar-refractivity contribution is -0.146. The molecule has 2 atom stereocenters. The van der Waals surface area contributed by atoms with Gasteiger partial charge in [0, 0.05) is 12.5 Å². The number of aromatic nitrogens is 2. The van der Waals surface area contributed by atoms with Crippen LogP contribution in [0.1, 0.15) is 87.4 Å². The monoisotopic (exact) mass is 361 g/mol. The van der Waals surface area contributed by atoms with Crippen molar-refractivity contribution in [3.8, 4) is 0 Å². The lowest BCUT2D eigenvalue weighted by Gasteiger charge is -2.26. The third kappa shape index (κ3) is 4.27. The quantitative estimate of drug-likeness (QED) is 0.788. The second-order valence-electron chi connectivity index (χ2n) is 7.71. The molecule has 0 bridgehead atoms. The van der Waals surface area contributed by atoms with Gasteiger partial charge < -0.3 is 14.6 Å². The molecule has 26 heavy (non-hydrogen) atoms. The summed E-state index contributed by atoms with van der Waals surface area (Å²) >= 11 is 0. The third-order valence-corrected chi connectivity index (χ3v) is 5.75. The lowest BCUT2D eigenvalue weighted by atomic mass is 9.85. The second-order valence-corrected chi connectivity index (χ2v) is 7.71. The molecule has 1 unspecified atom stereocenters. The predicted octanol–water partition coefficient (Wildman–Crippen LogP) is 3.41. The van der Waals surface area contributed by atoms with Crippen LogP contribution < -0.4 is 5.32 Å². The maximum Gasteiger partial charge on any atom is 0.328 e. The Kier molecular flexibility index (Phi) is 6.33. The van der Waals surface area contributed by atoms with Crippen molar-refractivity contribution in [2.75, 3.05) is 6.61 Å². The van der Waals surface area contributed by atoms with Crippen LogP contribution in [0.5, 0.6) is 0 Å². The van der Waals surface area contributed by atoms with Crippen LogP contribution in [0, 0.1) is 5.92 Å². The highest BCUT2D eigenvalue weighted by atomic mass is 16.5. The fourth-order valence-corrected chi connectivity index (χ4v) is 4.33. The number of amides is 1. The zero-order valence-electron chi connectivity index (χ0n) is 16.0. The predicted molar refractivity (Wildman–Crippen MR) is 99.0 cm³/mol. The van der Waals surface area contributed by atoms with Crippen molar-refractivity contribution >= 4 is 11.9 Å². The molecule has 0 spiro atoms. The third-order valence-electron chi connectivity index (χ3n) is 5.75. The molecular weight excluding hydrogens is 330 g/mol. The summed E-state index contributed by atoms with van der Waals surface area (Å²) in [6.07, 6.45) is 10.4. The summed E-state index contributed by atoms with van der Waals surface area (Å²) in [5.41, 5.74) is 0.560. The highest BCUT2D eigenvalue weighted by molar-refractivity contribution is 5.95. The van der Waals surface area contributed by atoms with Gasteiger partial charge in [-0.05, 0) is 32.1 Å². The number of carbonyl (C=O) groups is 2. The van der Waals surface area contributed by atoms with Crippen LogP contribution >= 0.6 is 0 Å². The van der Waals surface area contributed by atoms with Gasteiger partial charge in [0.1, 0.15) is 17.6 Å². The zero-order valence-corrected chi connectivity index (χ0v) is 16.0. The summed E-state index contributed by atoms with van der Waals surface area (Å²) in [4.78, 5) is 29.7. The number of ether oxygens (including phenoxy) is 1. The number of nitrogens with zero attached hydrogens (tertiary/aromatic N) is 2. The van der Waals surface area contributed by atoms with Crippen molar-refractivity contribution in [2.24, 2.45) is 5.92 Å². The molecule has 1 N–H and O–H groups in total. The van der Waals surface area contributed by atoms with Crippen LogP contribution in [-0.2, 0) is 16.1 Å². The maximum atomic E-state index is 12.9. The van der Waals surface area contributed by atoms with E-state index in [2.05, 4.69) is 17.2 Å². The Morgan fingerprint density at radius 2 is 2.04 bits per heavy atom. The van der Waals surface area contributed by atoms with Gasteiger partial charge in [-0.3, -0.25) is 4.79 Å². The fourth-order valence-electron chi connectivity index (χ4n) is 4.33. The number of nitrogens with one attached hydrogen (secondary N) is 1. The first kappa shape index (κ1) is 18.9. The molecule has 2 aliphatic rings. The summed E-state index contributed by atoms with van der Waals surface area (Å²) < 4.78 is 7.22. The van der Waals surface area contributed by atoms with E-state index in [4.69, 9.17) is 4.74 Å². The molecule has 6 nitrogen and oxygen atoms in total. The van der Waals surface area contributed by atoms with Gasteiger partial charge in [0.05, 0.1) is 12.8 Å². The van der Waals surface area contributed by atoms with Crippen LogP contribution in [0.4, 0.5) is 0 Å². The molecule has 0 radical (unpaired) electrons. The molecule has 2 heterocycles. The Balaban J connectivity index is 1.71. The average Bonchev–Trinajstić information content (AvgIpc) is 3.08. The molecule has 6 heteroatoms. The van der Waals surface area contributed by atoms with E-state index in [1.165, 1.54) is 19.3 Å². The molecule has 1 amide bonds. The van der Waals surface area contributed by atoms with Gasteiger partial charge in [-0.15, -0.1) is 0 Å². The molecule has 144 valence electrons. The van der Waals surface area contributed by atoms with E-state index in [0.717, 1.165) is 38.1 Å². The van der Waals surface area contributed by atoms with Gasteiger partial charge in [-0.2, -0.15) is 0 Å². The fraction of sp³-hybridized carbons (Fsp3) is 0.750. The van der Waals surface area contributed by atoms with Gasteiger partial charge in [-0.25, -0.2) is 9.78 Å². The smallest absolute Gasteiger partial charge is 0.328 e. The normalized spacial score (nSPS) is 21.7. The number of rotatable bonds is 6. The Bertz CT molecular complexity index is 634. The van der Waals surface area contributed by atoms with Crippen LogP contribution in [0.15, 0.2) is 6.20 Å². The Hall–Kier alpha value is -1.85. The summed E-state index contributed by atoms with van der Waals surface area (Å²) in [6, 6.07) is -0.572. The molecule has 3 rings (SSSR count). The van der Waals surface area contributed by atoms with Gasteiger partial charge in [0.15, 0.2) is 0 Å². The minimum atomic E-state index is -0.572. The highest BCUT2D eigenvalue weighted by Crippen LogP contribution is 2.29. The van der Waals surface area contributed by atoms with Crippen LogP contribution in [0.2, 0.25) is 0 Å². The van der Waals surface area contributed by atoms with Crippen LogP contribution in [0.3, 0.4) is 0 Å². The molecule has 1 aliphatic heterocycles. The minimum Gasteiger partial charge on any atom is -0.464 e. The number of esters is 1. The first-order valence-corrected chi connectivity index (χ1v) is 10.1. The van der Waals surface area contributed by atoms with E-state index in [0.29, 0.717) is 30.6 Å². The van der Waals surface area contributed by atoms with Crippen molar-refractivity contribution in [1.82, 2.24) is 14.9 Å². The molecule has 1 fully saturated rings. The van der Waals surface area contributed by atoms with Gasteiger partial charge in [0.2, 0.25) is 0 Å². The van der Waals surface area contributed by atoms with Gasteiger partial charge >= 0.3 is 5.97 Å². The number of fused-ring (bicyclic) bond motifs is 1. The van der Waals surface area contributed by atoms with E-state index >= 15 is 0 Å². The van der Waals surface area contributed by atoms with E-state index in [-0.39, 0.29) is 11.9 Å². The van der Waals surface area contributed by atoms with Crippen molar-refractivity contribution in [3.63, 3.8) is 0 Å². The van der Waals surface area contributed by atoms with E-state index < -0.39 is 6.04 Å². The van der Waals surface area contributed by atoms with Crippen LogP contribution in [0.25, 0.3) is 0 Å². The van der Waals surface area contributed by atoms with E-state index in [1.807, 2.05) is 4.57 Å². The second kappa shape index (κ2) is 8.69. The van der Waals surface area contributed by atoms with Crippen molar-refractivity contribution in [2.45, 2.75) is 83.7 Å². The molecule has 0 aromatic carbocycles. The van der Waals surface area contributed by atoms with Crippen molar-refractivity contribution < 1.29 is 14.3 Å². The number of hydrogen-bond acceptors (Lipinski definition) is 4. The Labute approximate surface area is 155 Å². The maximum absolute atomic E-state index is 12.9. The largest absolute Gasteiger partial charge is 0.464 e. The molecule has 1 aromatic heterocycles. The zero-order chi connectivity index (χ0) is 18.5. The molecule has 1 saturated carbocycles. The molecule has 0 saturated heterocycles. The summed E-state index contributed by atoms with van der Waals surface area (Å²) in [7, 11) is 0. The number of hydrogen-bond donors (Lipinski definition) is 1. The van der Waals surface area contributed by atoms with Crippen LogP contribution in [-0.4, -0.2) is 34.1 Å². The Morgan fingerprint density at radius 3 is 2.77 bits per heavy atom. The standard InChI is InChI=1S/C20H31N3O3/c1-3-26-20(25)16(12-15-9-5-4-6-10-15)22-19(24)17-13-21-18-14(2)8-7-11-23(17)18/h13-16H,3-12H2,1-2H3,(H,22,24)/t14?,16-/m1/s1. The first-order valence-electron chi connectivity index (χ1n) is 10.1. The topological polar surface area (TPSA) is 73.2 Å². The summed E-state index contributed by atoms with van der Waals surface area (Å²) in [5, 5.41) is 2.94. The molecule has 1 aromatic rings. The SMILES string of the molecule is CCOC(=O)[C@@H](CC1CCCCC1)NC(=O)c1cnc2n1CCCC2C. The van der Waals surface area contributed by atoms with Gasteiger partial charge in [-0.1, -0.05) is 39.0 Å². The molecule has 1 aliphatic carbocycles. The minimum absolute atomic E-state index is 0.216. The summed E-state index contributed by atoms with van der Waals surface area (Å²) in [5.74, 6) is 1.29. The van der Waals surface area contributed by atoms with Crippen molar-refractivity contribution in [1.29, 1.82) is 0 Å². The van der Waals surface area contributed by atoms with E-state index in [9.17, 15) is 9.59 Å². The number of imidazole rings is 1. The van der Waals surface area contributed by atoms with E-state index in [1.54, 1.807) is 13.1 Å². The lowest BCUT2D eigenvalue weighted by Crippen LogP contribution is -2.44. The van der Waals surface area contributed by atoms with Crippen molar-refractivity contribution in [3.05, 3.63) is 17.7 Å². The highest BCUT2D eigenvalue weighted by Gasteiger charge is 2.29. The number of carbonyl (C=O) groups excluding carboxylic acids is 2. The Morgan fingerprint density at radius 1 is 1.27 bits per heavy atom. The molecular formula is C20H31N3O3. The first-order chi connectivity index (χ1) is 12.6. The summed E-state index contributed by atoms with van der Waals surface area (Å²) in [6.45, 7) is 5.08. The van der Waals surface area contributed by atoms with Gasteiger partial charge in [0.25, 0.3) is 5.91 Å².